The summed E-state index contributed by atoms with van der Waals surface area (Å²) in [5.41, 5.74) is 1.87. The molecule has 2 aromatic carbocycles. The number of hydrogen-bond acceptors (Lipinski definition) is 3. The number of nitrogens with zero attached hydrogens (tertiary/aromatic N) is 1. The summed E-state index contributed by atoms with van der Waals surface area (Å²) in [5, 5.41) is 1.69. The highest BCUT2D eigenvalue weighted by molar-refractivity contribution is 6.32. The second kappa shape index (κ2) is 5.50. The van der Waals surface area contributed by atoms with Crippen LogP contribution in [0.5, 0.6) is 11.5 Å². The second-order valence-electron chi connectivity index (χ2n) is 5.23. The molecule has 0 bridgehead atoms. The van der Waals surface area contributed by atoms with Gasteiger partial charge in [0.1, 0.15) is 23.1 Å². The van der Waals surface area contributed by atoms with E-state index in [2.05, 4.69) is 4.98 Å². The van der Waals surface area contributed by atoms with Crippen LogP contribution in [0.2, 0.25) is 5.02 Å². The van der Waals surface area contributed by atoms with E-state index in [1.165, 1.54) is 0 Å². The molecule has 1 aliphatic heterocycles. The summed E-state index contributed by atoms with van der Waals surface area (Å²) >= 11 is 6.21. The van der Waals surface area contributed by atoms with E-state index in [1.807, 2.05) is 48.5 Å². The molecule has 0 fully saturated rings. The molecular weight excluding hydrogens is 298 g/mol. The number of para-hydroxylation sites is 2. The number of ether oxygens (including phenoxy) is 2. The van der Waals surface area contributed by atoms with Gasteiger partial charge >= 0.3 is 0 Å². The zero-order valence-corrected chi connectivity index (χ0v) is 12.6. The number of rotatable bonds is 2. The normalized spacial score (nSPS) is 16.9. The Bertz CT molecular complexity index is 829. The lowest BCUT2D eigenvalue weighted by Crippen LogP contribution is -2.19. The summed E-state index contributed by atoms with van der Waals surface area (Å²) in [7, 11) is 0. The van der Waals surface area contributed by atoms with E-state index < -0.39 is 0 Å². The fourth-order valence-corrected chi connectivity index (χ4v) is 3.04. The van der Waals surface area contributed by atoms with Crippen molar-refractivity contribution >= 4 is 22.5 Å². The Morgan fingerprint density at radius 3 is 2.91 bits per heavy atom. The van der Waals surface area contributed by atoms with Gasteiger partial charge in [-0.3, -0.25) is 4.98 Å². The third-order valence-electron chi connectivity index (χ3n) is 3.84. The second-order valence-corrected chi connectivity index (χ2v) is 5.64. The first-order chi connectivity index (χ1) is 10.8. The Kier molecular flexibility index (Phi) is 3.35. The molecule has 1 unspecified atom stereocenters. The molecule has 3 aromatic rings. The lowest BCUT2D eigenvalue weighted by atomic mass is 10.0. The topological polar surface area (TPSA) is 31.4 Å². The minimum atomic E-state index is -0.0740. The zero-order chi connectivity index (χ0) is 14.9. The van der Waals surface area contributed by atoms with E-state index in [0.29, 0.717) is 11.6 Å². The van der Waals surface area contributed by atoms with Crippen LogP contribution in [0.25, 0.3) is 10.9 Å². The predicted molar refractivity (Wildman–Crippen MR) is 86.7 cm³/mol. The number of halogens is 1. The molecule has 0 aliphatic carbocycles. The average Bonchev–Trinajstić information content (AvgIpc) is 2.56. The van der Waals surface area contributed by atoms with E-state index in [1.54, 1.807) is 6.20 Å². The Labute approximate surface area is 133 Å². The molecule has 4 rings (SSSR count). The van der Waals surface area contributed by atoms with Crippen molar-refractivity contribution in [2.75, 3.05) is 6.61 Å². The van der Waals surface area contributed by atoms with E-state index in [0.717, 1.165) is 34.4 Å². The van der Waals surface area contributed by atoms with Gasteiger partial charge in [-0.05, 0) is 18.2 Å². The minimum Gasteiger partial charge on any atom is -0.491 e. The molecule has 110 valence electrons. The van der Waals surface area contributed by atoms with Crippen molar-refractivity contribution in [2.45, 2.75) is 12.5 Å². The Hall–Kier alpha value is -2.26. The first-order valence-electron chi connectivity index (χ1n) is 7.24. The molecule has 1 aromatic heterocycles. The zero-order valence-electron chi connectivity index (χ0n) is 11.8. The summed E-state index contributed by atoms with van der Waals surface area (Å²) in [6, 6.07) is 15.7. The maximum Gasteiger partial charge on any atom is 0.146 e. The van der Waals surface area contributed by atoms with Crippen molar-refractivity contribution in [3.63, 3.8) is 0 Å². The smallest absolute Gasteiger partial charge is 0.146 e. The quantitative estimate of drug-likeness (QED) is 0.682. The van der Waals surface area contributed by atoms with Gasteiger partial charge in [-0.1, -0.05) is 41.9 Å². The number of hydrogen-bond donors (Lipinski definition) is 0. The van der Waals surface area contributed by atoms with Crippen molar-refractivity contribution in [2.24, 2.45) is 0 Å². The summed E-state index contributed by atoms with van der Waals surface area (Å²) in [5.74, 6) is 1.52. The molecule has 0 radical (unpaired) electrons. The first kappa shape index (κ1) is 13.4. The van der Waals surface area contributed by atoms with Crippen molar-refractivity contribution in [3.8, 4) is 11.5 Å². The van der Waals surface area contributed by atoms with Crippen LogP contribution in [0, 0.1) is 0 Å². The molecule has 2 heterocycles. The Balaban J connectivity index is 1.74. The summed E-state index contributed by atoms with van der Waals surface area (Å²) in [6.45, 7) is 0.597. The Morgan fingerprint density at radius 1 is 1.09 bits per heavy atom. The maximum absolute atomic E-state index is 6.25. The average molecular weight is 312 g/mol. The molecule has 0 spiro atoms. The van der Waals surface area contributed by atoms with E-state index in [9.17, 15) is 0 Å². The van der Waals surface area contributed by atoms with Crippen molar-refractivity contribution in [1.82, 2.24) is 4.98 Å². The van der Waals surface area contributed by atoms with Crippen LogP contribution in [-0.2, 0) is 0 Å². The molecule has 1 aliphatic rings. The highest BCUT2D eigenvalue weighted by Gasteiger charge is 2.25. The lowest BCUT2D eigenvalue weighted by Gasteiger charge is -2.27. The molecule has 3 nitrogen and oxygen atoms in total. The monoisotopic (exact) mass is 311 g/mol. The first-order valence-corrected chi connectivity index (χ1v) is 7.62. The largest absolute Gasteiger partial charge is 0.491 e. The maximum atomic E-state index is 6.25. The van der Waals surface area contributed by atoms with Gasteiger partial charge in [0.25, 0.3) is 0 Å². The van der Waals surface area contributed by atoms with Crippen molar-refractivity contribution < 1.29 is 9.47 Å². The van der Waals surface area contributed by atoms with Crippen molar-refractivity contribution in [3.05, 3.63) is 65.3 Å². The number of benzene rings is 2. The standard InChI is InChI=1S/C18H14ClNO2/c19-14-7-2-6-13-15(9-11-21-18(13)14)22-16-8-1-4-12-5-3-10-20-17(12)16/h1-8,10,15H,9,11H2. The van der Waals surface area contributed by atoms with Crippen LogP contribution in [0.3, 0.4) is 0 Å². The van der Waals surface area contributed by atoms with E-state index >= 15 is 0 Å². The third kappa shape index (κ3) is 2.28. The van der Waals surface area contributed by atoms with Crippen LogP contribution < -0.4 is 9.47 Å². The summed E-state index contributed by atoms with van der Waals surface area (Å²) < 4.78 is 11.9. The molecular formula is C18H14ClNO2. The molecule has 0 N–H and O–H groups in total. The van der Waals surface area contributed by atoms with Crippen LogP contribution in [0.15, 0.2) is 54.7 Å². The summed E-state index contributed by atoms with van der Waals surface area (Å²) in [6.07, 6.45) is 2.50. The molecule has 4 heteroatoms. The Morgan fingerprint density at radius 2 is 1.95 bits per heavy atom. The highest BCUT2D eigenvalue weighted by atomic mass is 35.5. The molecule has 0 saturated heterocycles. The van der Waals surface area contributed by atoms with Gasteiger partial charge in [-0.2, -0.15) is 0 Å². The molecule has 0 amide bonds. The van der Waals surface area contributed by atoms with Crippen LogP contribution in [0.4, 0.5) is 0 Å². The van der Waals surface area contributed by atoms with Gasteiger partial charge in [0, 0.05) is 23.6 Å². The van der Waals surface area contributed by atoms with Gasteiger partial charge in [-0.15, -0.1) is 0 Å². The summed E-state index contributed by atoms with van der Waals surface area (Å²) in [4.78, 5) is 4.44. The molecule has 0 saturated carbocycles. The number of pyridine rings is 1. The lowest BCUT2D eigenvalue weighted by molar-refractivity contribution is 0.137. The van der Waals surface area contributed by atoms with E-state index in [-0.39, 0.29) is 6.10 Å². The van der Waals surface area contributed by atoms with Gasteiger partial charge in [0.2, 0.25) is 0 Å². The van der Waals surface area contributed by atoms with Crippen LogP contribution in [-0.4, -0.2) is 11.6 Å². The van der Waals surface area contributed by atoms with Gasteiger partial charge in [0.05, 0.1) is 11.6 Å². The highest BCUT2D eigenvalue weighted by Crippen LogP contribution is 2.40. The van der Waals surface area contributed by atoms with Crippen LogP contribution in [0.1, 0.15) is 18.1 Å². The number of aromatic nitrogens is 1. The third-order valence-corrected chi connectivity index (χ3v) is 4.13. The fourth-order valence-electron chi connectivity index (χ4n) is 2.80. The van der Waals surface area contributed by atoms with Gasteiger partial charge in [0.15, 0.2) is 0 Å². The van der Waals surface area contributed by atoms with Crippen LogP contribution >= 0.6 is 11.6 Å². The molecule has 22 heavy (non-hydrogen) atoms. The predicted octanol–water partition coefficient (Wildman–Crippen LogP) is 4.79. The van der Waals surface area contributed by atoms with Gasteiger partial charge in [-0.25, -0.2) is 0 Å². The van der Waals surface area contributed by atoms with Gasteiger partial charge < -0.3 is 9.47 Å². The fraction of sp³-hybridized carbons (Fsp3) is 0.167. The molecule has 1 atom stereocenters. The van der Waals surface area contributed by atoms with Crippen molar-refractivity contribution in [1.29, 1.82) is 0 Å². The van der Waals surface area contributed by atoms with E-state index in [4.69, 9.17) is 21.1 Å². The number of fused-ring (bicyclic) bond motifs is 2. The SMILES string of the molecule is Clc1cccc2c1OCCC2Oc1cccc2cccnc12. The minimum absolute atomic E-state index is 0.0740.